The third-order valence-corrected chi connectivity index (χ3v) is 4.79. The highest BCUT2D eigenvalue weighted by molar-refractivity contribution is 9.10. The first kappa shape index (κ1) is 17.6. The Morgan fingerprint density at radius 2 is 2.00 bits per heavy atom. The lowest BCUT2D eigenvalue weighted by atomic mass is 9.96. The van der Waals surface area contributed by atoms with Gasteiger partial charge in [0.2, 0.25) is 5.91 Å². The molecule has 1 heterocycles. The fourth-order valence-corrected chi connectivity index (χ4v) is 3.39. The summed E-state index contributed by atoms with van der Waals surface area (Å²) in [6.45, 7) is -0.258. The third-order valence-electron chi connectivity index (χ3n) is 4.29. The van der Waals surface area contributed by atoms with Crippen molar-refractivity contribution in [1.29, 1.82) is 0 Å². The van der Waals surface area contributed by atoms with E-state index >= 15 is 0 Å². The normalized spacial score (nSPS) is 15.1. The Morgan fingerprint density at radius 3 is 2.76 bits per heavy atom. The average Bonchev–Trinajstić information content (AvgIpc) is 2.58. The zero-order valence-corrected chi connectivity index (χ0v) is 15.2. The van der Waals surface area contributed by atoms with Crippen LogP contribution in [0.25, 0.3) is 10.9 Å². The molecule has 2 aromatic rings. The van der Waals surface area contributed by atoms with Crippen LogP contribution >= 0.6 is 15.9 Å². The second kappa shape index (κ2) is 7.77. The minimum atomic E-state index is -0.549. The highest BCUT2D eigenvalue weighted by Crippen LogP contribution is 2.17. The molecule has 3 rings (SSSR count). The van der Waals surface area contributed by atoms with Gasteiger partial charge in [0.1, 0.15) is 6.54 Å². The molecule has 0 aliphatic heterocycles. The molecule has 8 heteroatoms. The Balaban J connectivity index is 1.64. The van der Waals surface area contributed by atoms with E-state index in [1.54, 1.807) is 18.2 Å². The number of fused-ring (bicyclic) bond motifs is 1. The molecule has 0 saturated heterocycles. The number of aromatic nitrogens is 2. The molecule has 0 bridgehead atoms. The summed E-state index contributed by atoms with van der Waals surface area (Å²) in [5, 5.41) is 5.50. The second-order valence-corrected chi connectivity index (χ2v) is 7.11. The van der Waals surface area contributed by atoms with Gasteiger partial charge in [-0.05, 0) is 31.0 Å². The SMILES string of the molecule is O=C(Cn1cnc2ccc(Br)cc2c1=O)NC(=O)NC1CCCCC1. The molecule has 1 fully saturated rings. The van der Waals surface area contributed by atoms with Gasteiger partial charge in [-0.2, -0.15) is 0 Å². The van der Waals surface area contributed by atoms with Crippen molar-refractivity contribution >= 4 is 38.8 Å². The summed E-state index contributed by atoms with van der Waals surface area (Å²) in [4.78, 5) is 40.6. The molecule has 1 aliphatic carbocycles. The van der Waals surface area contributed by atoms with Crippen molar-refractivity contribution in [2.45, 2.75) is 44.7 Å². The molecule has 1 aromatic carbocycles. The number of hydrogen-bond donors (Lipinski definition) is 2. The van der Waals surface area contributed by atoms with Gasteiger partial charge < -0.3 is 5.32 Å². The summed E-state index contributed by atoms with van der Waals surface area (Å²) in [7, 11) is 0. The molecule has 0 spiro atoms. The second-order valence-electron chi connectivity index (χ2n) is 6.20. The van der Waals surface area contributed by atoms with Gasteiger partial charge in [-0.1, -0.05) is 35.2 Å². The number of rotatable bonds is 3. The Bertz CT molecular complexity index is 859. The van der Waals surface area contributed by atoms with E-state index in [0.717, 1.165) is 30.2 Å². The van der Waals surface area contributed by atoms with Crippen LogP contribution < -0.4 is 16.2 Å². The number of imide groups is 1. The monoisotopic (exact) mass is 406 g/mol. The number of urea groups is 1. The van der Waals surface area contributed by atoms with Gasteiger partial charge in [-0.3, -0.25) is 19.5 Å². The van der Waals surface area contributed by atoms with Gasteiger partial charge >= 0.3 is 6.03 Å². The average molecular weight is 407 g/mol. The minimum absolute atomic E-state index is 0.115. The molecule has 1 aliphatic rings. The first-order valence-corrected chi connectivity index (χ1v) is 9.07. The van der Waals surface area contributed by atoms with E-state index in [9.17, 15) is 14.4 Å². The molecule has 7 nitrogen and oxygen atoms in total. The van der Waals surface area contributed by atoms with Crippen LogP contribution in [0.2, 0.25) is 0 Å². The van der Waals surface area contributed by atoms with Crippen LogP contribution in [-0.4, -0.2) is 27.5 Å². The zero-order chi connectivity index (χ0) is 17.8. The molecular formula is C17H19BrN4O3. The highest BCUT2D eigenvalue weighted by atomic mass is 79.9. The van der Waals surface area contributed by atoms with Crippen molar-refractivity contribution in [2.24, 2.45) is 0 Å². The van der Waals surface area contributed by atoms with Gasteiger partial charge in [0.05, 0.1) is 17.2 Å². The summed E-state index contributed by atoms with van der Waals surface area (Å²) in [5.74, 6) is -0.549. The van der Waals surface area contributed by atoms with E-state index in [1.807, 2.05) is 0 Å². The van der Waals surface area contributed by atoms with Crippen LogP contribution in [-0.2, 0) is 11.3 Å². The van der Waals surface area contributed by atoms with Crippen LogP contribution in [0.15, 0.2) is 33.8 Å². The Labute approximate surface area is 152 Å². The highest BCUT2D eigenvalue weighted by Gasteiger charge is 2.17. The Kier molecular flexibility index (Phi) is 5.47. The molecule has 0 radical (unpaired) electrons. The molecular weight excluding hydrogens is 388 g/mol. The number of amides is 3. The lowest BCUT2D eigenvalue weighted by molar-refractivity contribution is -0.120. The molecule has 0 unspecified atom stereocenters. The summed E-state index contributed by atoms with van der Waals surface area (Å²) >= 11 is 3.31. The van der Waals surface area contributed by atoms with Gasteiger partial charge in [-0.15, -0.1) is 0 Å². The van der Waals surface area contributed by atoms with Crippen LogP contribution in [0.1, 0.15) is 32.1 Å². The fourth-order valence-electron chi connectivity index (χ4n) is 3.03. The van der Waals surface area contributed by atoms with Crippen molar-refractivity contribution in [3.05, 3.63) is 39.4 Å². The minimum Gasteiger partial charge on any atom is -0.335 e. The number of hydrogen-bond acceptors (Lipinski definition) is 4. The number of carbonyl (C=O) groups is 2. The van der Waals surface area contributed by atoms with Crippen molar-refractivity contribution in [3.63, 3.8) is 0 Å². The maximum absolute atomic E-state index is 12.4. The number of halogens is 1. The van der Waals surface area contributed by atoms with Crippen molar-refractivity contribution in [1.82, 2.24) is 20.2 Å². The summed E-state index contributed by atoms with van der Waals surface area (Å²) < 4.78 is 1.95. The Morgan fingerprint density at radius 1 is 1.24 bits per heavy atom. The van der Waals surface area contributed by atoms with E-state index in [-0.39, 0.29) is 18.1 Å². The third kappa shape index (κ3) is 4.45. The lowest BCUT2D eigenvalue weighted by Crippen LogP contribution is -2.46. The molecule has 25 heavy (non-hydrogen) atoms. The standard InChI is InChI=1S/C17H19BrN4O3/c18-11-6-7-14-13(8-11)16(24)22(10-19-14)9-15(23)21-17(25)20-12-4-2-1-3-5-12/h6-8,10,12H,1-5,9H2,(H2,20,21,23,25). The number of carbonyl (C=O) groups excluding carboxylic acids is 2. The van der Waals surface area contributed by atoms with Crippen LogP contribution in [0.5, 0.6) is 0 Å². The quantitative estimate of drug-likeness (QED) is 0.817. The predicted molar refractivity (Wildman–Crippen MR) is 97.3 cm³/mol. The number of benzene rings is 1. The Hall–Kier alpha value is -2.22. The molecule has 132 valence electrons. The number of nitrogens with one attached hydrogen (secondary N) is 2. The zero-order valence-electron chi connectivity index (χ0n) is 13.6. The van der Waals surface area contributed by atoms with Crippen LogP contribution in [0.3, 0.4) is 0 Å². The van der Waals surface area contributed by atoms with Gasteiger partial charge in [0.15, 0.2) is 0 Å². The summed E-state index contributed by atoms with van der Waals surface area (Å²) in [5.41, 5.74) is 0.231. The van der Waals surface area contributed by atoms with Gasteiger partial charge in [0, 0.05) is 10.5 Å². The van der Waals surface area contributed by atoms with Crippen molar-refractivity contribution in [3.8, 4) is 0 Å². The summed E-state index contributed by atoms with van der Waals surface area (Å²) in [6.07, 6.45) is 6.55. The fraction of sp³-hybridized carbons (Fsp3) is 0.412. The maximum atomic E-state index is 12.4. The lowest BCUT2D eigenvalue weighted by Gasteiger charge is -2.22. The molecule has 1 aromatic heterocycles. The van der Waals surface area contributed by atoms with E-state index in [4.69, 9.17) is 0 Å². The molecule has 0 atom stereocenters. The van der Waals surface area contributed by atoms with E-state index in [1.165, 1.54) is 17.3 Å². The number of nitrogens with zero attached hydrogens (tertiary/aromatic N) is 2. The van der Waals surface area contributed by atoms with Crippen molar-refractivity contribution < 1.29 is 9.59 Å². The van der Waals surface area contributed by atoms with Crippen LogP contribution in [0, 0.1) is 0 Å². The van der Waals surface area contributed by atoms with Crippen LogP contribution in [0.4, 0.5) is 4.79 Å². The first-order chi connectivity index (χ1) is 12.0. The topological polar surface area (TPSA) is 93.1 Å². The molecule has 3 amide bonds. The smallest absolute Gasteiger partial charge is 0.321 e. The summed E-state index contributed by atoms with van der Waals surface area (Å²) in [6, 6.07) is 4.78. The van der Waals surface area contributed by atoms with E-state index < -0.39 is 11.9 Å². The van der Waals surface area contributed by atoms with E-state index in [0.29, 0.717) is 10.9 Å². The largest absolute Gasteiger partial charge is 0.335 e. The molecule has 1 saturated carbocycles. The predicted octanol–water partition coefficient (Wildman–Crippen LogP) is 2.32. The molecule has 2 N–H and O–H groups in total. The first-order valence-electron chi connectivity index (χ1n) is 8.28. The van der Waals surface area contributed by atoms with Gasteiger partial charge in [0.25, 0.3) is 5.56 Å². The van der Waals surface area contributed by atoms with E-state index in [2.05, 4.69) is 31.5 Å². The van der Waals surface area contributed by atoms with Gasteiger partial charge in [-0.25, -0.2) is 9.78 Å². The maximum Gasteiger partial charge on any atom is 0.321 e. The van der Waals surface area contributed by atoms with Crippen molar-refractivity contribution in [2.75, 3.05) is 0 Å².